The van der Waals surface area contributed by atoms with Crippen molar-refractivity contribution >= 4 is 20.2 Å². The fourth-order valence-electron chi connectivity index (χ4n) is 0.891. The van der Waals surface area contributed by atoms with E-state index in [4.69, 9.17) is 4.55 Å². The van der Waals surface area contributed by atoms with E-state index in [9.17, 15) is 16.8 Å². The molecule has 0 spiro atoms. The van der Waals surface area contributed by atoms with Crippen molar-refractivity contribution in [3.8, 4) is 0 Å². The summed E-state index contributed by atoms with van der Waals surface area (Å²) in [6.45, 7) is 8.63. The highest BCUT2D eigenvalue weighted by molar-refractivity contribution is 7.95. The van der Waals surface area contributed by atoms with Gasteiger partial charge in [-0.15, -0.1) is 0 Å². The molecule has 0 aromatic heterocycles. The highest BCUT2D eigenvalue weighted by Crippen LogP contribution is 2.09. The van der Waals surface area contributed by atoms with Crippen molar-refractivity contribution in [1.82, 2.24) is 0 Å². The van der Waals surface area contributed by atoms with Gasteiger partial charge >= 0.3 is 10.4 Å². The fourth-order valence-corrected chi connectivity index (χ4v) is 2.19. The standard InChI is InChI=1S/C10H18O6S2.C2H6/c1-4-9(2)5-6-10(3)17(11,12)8-7-16-18(13,14)15;1-2/h5-6H,4,7-8H2,1-3H3,(H,13,14,15);1-2H3/b9-5-,10-6+;. The van der Waals surface area contributed by atoms with Crippen molar-refractivity contribution in [3.05, 3.63) is 22.6 Å². The van der Waals surface area contributed by atoms with Gasteiger partial charge in [-0.05, 0) is 26.3 Å². The Kier molecular flexibility index (Phi) is 10.9. The van der Waals surface area contributed by atoms with E-state index in [0.717, 1.165) is 12.0 Å². The van der Waals surface area contributed by atoms with Crippen LogP contribution in [-0.4, -0.2) is 33.7 Å². The van der Waals surface area contributed by atoms with E-state index in [1.807, 2.05) is 27.7 Å². The molecule has 0 aliphatic carbocycles. The molecule has 0 atom stereocenters. The summed E-state index contributed by atoms with van der Waals surface area (Å²) in [4.78, 5) is 0.120. The molecule has 0 heterocycles. The van der Waals surface area contributed by atoms with Gasteiger partial charge in [0.1, 0.15) is 0 Å². The minimum absolute atomic E-state index is 0.120. The predicted molar refractivity (Wildman–Crippen MR) is 80.4 cm³/mol. The normalized spacial score (nSPS) is 13.7. The zero-order chi connectivity index (χ0) is 16.4. The summed E-state index contributed by atoms with van der Waals surface area (Å²) in [5, 5.41) is 0. The molecule has 0 bridgehead atoms. The van der Waals surface area contributed by atoms with Gasteiger partial charge < -0.3 is 0 Å². The fraction of sp³-hybridized carbons (Fsp3) is 0.667. The maximum Gasteiger partial charge on any atom is 0.397 e. The summed E-state index contributed by atoms with van der Waals surface area (Å²) in [6, 6.07) is 0. The second-order valence-electron chi connectivity index (χ2n) is 3.71. The van der Waals surface area contributed by atoms with E-state index in [-0.39, 0.29) is 4.91 Å². The molecule has 0 aliphatic rings. The Morgan fingerprint density at radius 1 is 1.10 bits per heavy atom. The van der Waals surface area contributed by atoms with Crippen LogP contribution < -0.4 is 0 Å². The molecule has 0 fully saturated rings. The lowest BCUT2D eigenvalue weighted by molar-refractivity contribution is 0.284. The molecule has 8 heteroatoms. The smallest absolute Gasteiger partial charge is 0.264 e. The summed E-state index contributed by atoms with van der Waals surface area (Å²) >= 11 is 0. The lowest BCUT2D eigenvalue weighted by Gasteiger charge is -2.03. The molecule has 120 valence electrons. The average molecular weight is 328 g/mol. The first-order chi connectivity index (χ1) is 9.08. The zero-order valence-electron chi connectivity index (χ0n) is 12.6. The van der Waals surface area contributed by atoms with Gasteiger partial charge in [-0.3, -0.25) is 4.55 Å². The van der Waals surface area contributed by atoms with E-state index >= 15 is 0 Å². The van der Waals surface area contributed by atoms with Gasteiger partial charge in [-0.2, -0.15) is 8.42 Å². The third-order valence-electron chi connectivity index (χ3n) is 2.24. The molecule has 0 radical (unpaired) electrons. The number of hydrogen-bond acceptors (Lipinski definition) is 5. The van der Waals surface area contributed by atoms with Crippen LogP contribution >= 0.6 is 0 Å². The molecular formula is C12H24O6S2. The van der Waals surface area contributed by atoms with E-state index < -0.39 is 32.6 Å². The topological polar surface area (TPSA) is 97.7 Å². The van der Waals surface area contributed by atoms with E-state index in [0.29, 0.717) is 0 Å². The van der Waals surface area contributed by atoms with Crippen LogP contribution in [0.4, 0.5) is 0 Å². The summed E-state index contributed by atoms with van der Waals surface area (Å²) in [5.74, 6) is -0.506. The van der Waals surface area contributed by atoms with Gasteiger partial charge in [-0.1, -0.05) is 32.4 Å². The Morgan fingerprint density at radius 2 is 1.60 bits per heavy atom. The van der Waals surface area contributed by atoms with Crippen LogP contribution in [0.25, 0.3) is 0 Å². The second-order valence-corrected chi connectivity index (χ2v) is 7.09. The van der Waals surface area contributed by atoms with Crippen LogP contribution in [0.1, 0.15) is 41.0 Å². The molecule has 0 rings (SSSR count). The molecule has 0 amide bonds. The Hall–Kier alpha value is -0.700. The van der Waals surface area contributed by atoms with Gasteiger partial charge in [-0.25, -0.2) is 12.6 Å². The number of allylic oxidation sites excluding steroid dienone is 4. The SMILES string of the molecule is CC.CC/C(C)=C\C=C(/C)S(=O)(=O)CCOS(=O)(=O)O. The van der Waals surface area contributed by atoms with Crippen LogP contribution in [0.5, 0.6) is 0 Å². The quantitative estimate of drug-likeness (QED) is 0.569. The molecule has 0 aliphatic heterocycles. The molecule has 1 N–H and O–H groups in total. The molecule has 0 saturated carbocycles. The second kappa shape index (κ2) is 10.1. The Balaban J connectivity index is 0. The molecule has 0 aromatic rings. The number of sulfone groups is 1. The van der Waals surface area contributed by atoms with Crippen molar-refractivity contribution in [2.45, 2.75) is 41.0 Å². The summed E-state index contributed by atoms with van der Waals surface area (Å²) in [7, 11) is -8.17. The monoisotopic (exact) mass is 328 g/mol. The first-order valence-corrected chi connectivity index (χ1v) is 9.29. The van der Waals surface area contributed by atoms with Crippen LogP contribution in [0, 0.1) is 0 Å². The lowest BCUT2D eigenvalue weighted by atomic mass is 10.2. The lowest BCUT2D eigenvalue weighted by Crippen LogP contribution is -2.15. The Labute approximate surface area is 122 Å². The number of hydrogen-bond donors (Lipinski definition) is 1. The van der Waals surface area contributed by atoms with Crippen LogP contribution in [0.3, 0.4) is 0 Å². The van der Waals surface area contributed by atoms with Crippen molar-refractivity contribution in [2.75, 3.05) is 12.4 Å². The van der Waals surface area contributed by atoms with E-state index in [1.54, 1.807) is 6.08 Å². The Bertz CT molecular complexity index is 526. The highest BCUT2D eigenvalue weighted by Gasteiger charge is 2.15. The van der Waals surface area contributed by atoms with Crippen molar-refractivity contribution in [2.24, 2.45) is 0 Å². The summed E-state index contributed by atoms with van der Waals surface area (Å²) in [5.41, 5.74) is 1.03. The zero-order valence-corrected chi connectivity index (χ0v) is 14.2. The molecular weight excluding hydrogens is 304 g/mol. The Morgan fingerprint density at radius 3 is 2.00 bits per heavy atom. The maximum atomic E-state index is 11.7. The van der Waals surface area contributed by atoms with Gasteiger partial charge in [0.15, 0.2) is 9.84 Å². The van der Waals surface area contributed by atoms with Crippen LogP contribution in [-0.2, 0) is 24.4 Å². The molecule has 0 saturated heterocycles. The highest BCUT2D eigenvalue weighted by atomic mass is 32.3. The van der Waals surface area contributed by atoms with Crippen molar-refractivity contribution in [1.29, 1.82) is 0 Å². The van der Waals surface area contributed by atoms with E-state index in [2.05, 4.69) is 4.18 Å². The van der Waals surface area contributed by atoms with Gasteiger partial charge in [0.2, 0.25) is 0 Å². The third kappa shape index (κ3) is 11.2. The first-order valence-electron chi connectivity index (χ1n) is 6.27. The van der Waals surface area contributed by atoms with Crippen molar-refractivity contribution < 1.29 is 25.6 Å². The molecule has 0 aromatic carbocycles. The molecule has 6 nitrogen and oxygen atoms in total. The van der Waals surface area contributed by atoms with Gasteiger partial charge in [0.05, 0.1) is 12.4 Å². The minimum Gasteiger partial charge on any atom is -0.264 e. The van der Waals surface area contributed by atoms with Gasteiger partial charge in [0, 0.05) is 4.91 Å². The third-order valence-corrected chi connectivity index (χ3v) is 4.52. The number of rotatable bonds is 7. The van der Waals surface area contributed by atoms with Crippen LogP contribution in [0.15, 0.2) is 22.6 Å². The van der Waals surface area contributed by atoms with Crippen molar-refractivity contribution in [3.63, 3.8) is 0 Å². The predicted octanol–water partition coefficient (Wildman–Crippen LogP) is 2.51. The van der Waals surface area contributed by atoms with E-state index in [1.165, 1.54) is 13.0 Å². The molecule has 0 unspecified atom stereocenters. The maximum absolute atomic E-state index is 11.7. The first kappa shape index (κ1) is 21.6. The minimum atomic E-state index is -4.60. The van der Waals surface area contributed by atoms with Gasteiger partial charge in [0.25, 0.3) is 0 Å². The molecule has 20 heavy (non-hydrogen) atoms. The average Bonchev–Trinajstić information content (AvgIpc) is 2.35. The largest absolute Gasteiger partial charge is 0.397 e. The van der Waals surface area contributed by atoms with Crippen LogP contribution in [0.2, 0.25) is 0 Å². The summed E-state index contributed by atoms with van der Waals surface area (Å²) in [6.07, 6.45) is 3.97. The summed E-state index contributed by atoms with van der Waals surface area (Å²) < 4.78 is 56.1.